The third-order valence-corrected chi connectivity index (χ3v) is 3.28. The number of aliphatic imine (C=N–C) groups is 1. The number of hydrogen-bond acceptors (Lipinski definition) is 4. The molecule has 0 radical (unpaired) electrons. The van der Waals surface area contributed by atoms with Crippen molar-refractivity contribution in [2.45, 2.75) is 13.8 Å². The lowest BCUT2D eigenvalue weighted by molar-refractivity contribution is 0.355. The highest BCUT2D eigenvalue weighted by Crippen LogP contribution is 2.29. The van der Waals surface area contributed by atoms with E-state index in [1.807, 2.05) is 25.1 Å². The molecule has 132 valence electrons. The number of rotatable bonds is 8. The van der Waals surface area contributed by atoms with Crippen molar-refractivity contribution in [2.24, 2.45) is 4.99 Å². The highest BCUT2D eigenvalue weighted by Gasteiger charge is 2.06. The number of methoxy groups -OCH3 is 2. The molecule has 1 rings (SSSR count). The molecule has 0 saturated carbocycles. The van der Waals surface area contributed by atoms with Gasteiger partial charge in [-0.1, -0.05) is 6.92 Å². The molecule has 0 saturated heterocycles. The fourth-order valence-electron chi connectivity index (χ4n) is 1.85. The summed E-state index contributed by atoms with van der Waals surface area (Å²) in [5.41, 5.74) is 0.904. The van der Waals surface area contributed by atoms with Gasteiger partial charge in [-0.25, -0.2) is 0 Å². The molecule has 0 fully saturated rings. The Morgan fingerprint density at radius 1 is 1.17 bits per heavy atom. The highest BCUT2D eigenvalue weighted by atomic mass is 127. The van der Waals surface area contributed by atoms with Crippen molar-refractivity contribution >= 4 is 35.6 Å². The summed E-state index contributed by atoms with van der Waals surface area (Å²) in [5, 5.41) is 6.52. The molecule has 0 heterocycles. The second-order valence-corrected chi connectivity index (χ2v) is 4.85. The van der Waals surface area contributed by atoms with Crippen molar-refractivity contribution in [2.75, 3.05) is 52.8 Å². The van der Waals surface area contributed by atoms with Crippen LogP contribution < -0.4 is 20.1 Å². The van der Waals surface area contributed by atoms with Crippen LogP contribution in [0.15, 0.2) is 23.2 Å². The van der Waals surface area contributed by atoms with Crippen molar-refractivity contribution in [3.63, 3.8) is 0 Å². The van der Waals surface area contributed by atoms with E-state index in [2.05, 4.69) is 34.5 Å². The number of halogens is 1. The van der Waals surface area contributed by atoms with E-state index in [-0.39, 0.29) is 24.0 Å². The maximum Gasteiger partial charge on any atom is 0.195 e. The van der Waals surface area contributed by atoms with Gasteiger partial charge in [0.25, 0.3) is 0 Å². The van der Waals surface area contributed by atoms with Gasteiger partial charge in [-0.05, 0) is 32.6 Å². The van der Waals surface area contributed by atoms with Gasteiger partial charge in [0, 0.05) is 24.8 Å². The highest BCUT2D eigenvalue weighted by molar-refractivity contribution is 14.0. The third-order valence-electron chi connectivity index (χ3n) is 3.28. The number of anilines is 1. The SMILES string of the molecule is CCNC(=NCCN(C)CC)Nc1ccc(OC)c(OC)c1.I. The first kappa shape index (κ1) is 21.8. The van der Waals surface area contributed by atoms with E-state index in [0.717, 1.165) is 37.8 Å². The molecule has 0 aromatic heterocycles. The Kier molecular flexibility index (Phi) is 11.6. The van der Waals surface area contributed by atoms with Gasteiger partial charge in [0.2, 0.25) is 0 Å². The van der Waals surface area contributed by atoms with Gasteiger partial charge in [0.05, 0.1) is 20.8 Å². The lowest BCUT2D eigenvalue weighted by Gasteiger charge is -2.15. The lowest BCUT2D eigenvalue weighted by Crippen LogP contribution is -2.32. The van der Waals surface area contributed by atoms with E-state index >= 15 is 0 Å². The Balaban J connectivity index is 0.00000484. The molecule has 2 N–H and O–H groups in total. The molecule has 0 aliphatic heterocycles. The van der Waals surface area contributed by atoms with Gasteiger partial charge in [-0.2, -0.15) is 0 Å². The van der Waals surface area contributed by atoms with E-state index in [4.69, 9.17) is 9.47 Å². The van der Waals surface area contributed by atoms with Crippen molar-refractivity contribution in [1.82, 2.24) is 10.2 Å². The van der Waals surface area contributed by atoms with E-state index in [1.165, 1.54) is 0 Å². The van der Waals surface area contributed by atoms with Crippen LogP contribution in [0, 0.1) is 0 Å². The monoisotopic (exact) mass is 436 g/mol. The summed E-state index contributed by atoms with van der Waals surface area (Å²) in [7, 11) is 5.34. The van der Waals surface area contributed by atoms with Gasteiger partial charge in [-0.15, -0.1) is 24.0 Å². The number of likely N-dealkylation sites (N-methyl/N-ethyl adjacent to an activating group) is 1. The van der Waals surface area contributed by atoms with Crippen LogP contribution >= 0.6 is 24.0 Å². The Morgan fingerprint density at radius 3 is 2.43 bits per heavy atom. The van der Waals surface area contributed by atoms with Crippen LogP contribution in [0.1, 0.15) is 13.8 Å². The Bertz CT molecular complexity index is 483. The molecule has 0 aliphatic rings. The molecule has 0 aliphatic carbocycles. The van der Waals surface area contributed by atoms with Gasteiger partial charge in [0.1, 0.15) is 0 Å². The molecule has 0 spiro atoms. The fourth-order valence-corrected chi connectivity index (χ4v) is 1.85. The average Bonchev–Trinajstić information content (AvgIpc) is 2.54. The summed E-state index contributed by atoms with van der Waals surface area (Å²) in [4.78, 5) is 6.80. The number of guanidine groups is 1. The molecule has 0 atom stereocenters. The van der Waals surface area contributed by atoms with Crippen molar-refractivity contribution < 1.29 is 9.47 Å². The maximum atomic E-state index is 5.31. The molecule has 6 nitrogen and oxygen atoms in total. The van der Waals surface area contributed by atoms with Crippen LogP contribution in [0.2, 0.25) is 0 Å². The minimum atomic E-state index is 0. The molecule has 0 bridgehead atoms. The Labute approximate surface area is 156 Å². The van der Waals surface area contributed by atoms with Crippen LogP contribution in [0.25, 0.3) is 0 Å². The number of nitrogens with zero attached hydrogens (tertiary/aromatic N) is 2. The fraction of sp³-hybridized carbons (Fsp3) is 0.562. The number of nitrogens with one attached hydrogen (secondary N) is 2. The molecular formula is C16H29IN4O2. The average molecular weight is 436 g/mol. The summed E-state index contributed by atoms with van der Waals surface area (Å²) in [6, 6.07) is 5.70. The Morgan fingerprint density at radius 2 is 1.87 bits per heavy atom. The Hall–Kier alpha value is -1.22. The zero-order valence-corrected chi connectivity index (χ0v) is 17.0. The summed E-state index contributed by atoms with van der Waals surface area (Å²) in [6.07, 6.45) is 0. The maximum absolute atomic E-state index is 5.31. The second kappa shape index (κ2) is 12.2. The molecule has 1 aromatic carbocycles. The smallest absolute Gasteiger partial charge is 0.195 e. The zero-order chi connectivity index (χ0) is 16.4. The summed E-state index contributed by atoms with van der Waals surface area (Å²) in [5.74, 6) is 2.16. The summed E-state index contributed by atoms with van der Waals surface area (Å²) < 4.78 is 10.6. The zero-order valence-electron chi connectivity index (χ0n) is 14.7. The van der Waals surface area contributed by atoms with E-state index < -0.39 is 0 Å². The van der Waals surface area contributed by atoms with E-state index in [9.17, 15) is 0 Å². The van der Waals surface area contributed by atoms with Crippen LogP contribution in [-0.4, -0.2) is 58.3 Å². The summed E-state index contributed by atoms with van der Waals surface area (Å²) >= 11 is 0. The first-order chi connectivity index (χ1) is 10.6. The first-order valence-corrected chi connectivity index (χ1v) is 7.60. The molecule has 7 heteroatoms. The van der Waals surface area contributed by atoms with Gasteiger partial charge < -0.3 is 25.0 Å². The largest absolute Gasteiger partial charge is 0.493 e. The van der Waals surface area contributed by atoms with Crippen molar-refractivity contribution in [3.8, 4) is 11.5 Å². The molecule has 0 unspecified atom stereocenters. The topological polar surface area (TPSA) is 58.1 Å². The van der Waals surface area contributed by atoms with Crippen molar-refractivity contribution in [3.05, 3.63) is 18.2 Å². The molecular weight excluding hydrogens is 407 g/mol. The molecule has 23 heavy (non-hydrogen) atoms. The second-order valence-electron chi connectivity index (χ2n) is 4.85. The predicted molar refractivity (Wildman–Crippen MR) is 108 cm³/mol. The standard InChI is InChI=1S/C16H28N4O2.HI/c1-6-17-16(18-10-11-20(3)7-2)19-13-8-9-14(21-4)15(12-13)22-5;/h8-9,12H,6-7,10-11H2,1-5H3,(H2,17,18,19);1H. The quantitative estimate of drug-likeness (QED) is 0.373. The van der Waals surface area contributed by atoms with Crippen molar-refractivity contribution in [1.29, 1.82) is 0 Å². The van der Waals surface area contributed by atoms with Gasteiger partial charge in [0.15, 0.2) is 17.5 Å². The van der Waals surface area contributed by atoms with Crippen LogP contribution in [0.3, 0.4) is 0 Å². The van der Waals surface area contributed by atoms with Gasteiger partial charge >= 0.3 is 0 Å². The van der Waals surface area contributed by atoms with Crippen LogP contribution in [-0.2, 0) is 0 Å². The molecule has 1 aromatic rings. The van der Waals surface area contributed by atoms with E-state index in [1.54, 1.807) is 14.2 Å². The normalized spacial score (nSPS) is 11.0. The summed E-state index contributed by atoms with van der Waals surface area (Å²) in [6.45, 7) is 7.69. The lowest BCUT2D eigenvalue weighted by atomic mass is 10.3. The minimum Gasteiger partial charge on any atom is -0.493 e. The number of benzene rings is 1. The first-order valence-electron chi connectivity index (χ1n) is 7.60. The minimum absolute atomic E-state index is 0. The van der Waals surface area contributed by atoms with Gasteiger partial charge in [-0.3, -0.25) is 4.99 Å². The molecule has 0 amide bonds. The van der Waals surface area contributed by atoms with Crippen LogP contribution in [0.4, 0.5) is 5.69 Å². The van der Waals surface area contributed by atoms with E-state index in [0.29, 0.717) is 11.5 Å². The number of hydrogen-bond donors (Lipinski definition) is 2. The third kappa shape index (κ3) is 7.74. The number of ether oxygens (including phenoxy) is 2. The van der Waals surface area contributed by atoms with Crippen LogP contribution in [0.5, 0.6) is 11.5 Å². The predicted octanol–water partition coefficient (Wildman–Crippen LogP) is 2.65.